The smallest absolute Gasteiger partial charge is 0.220 e. The molecule has 2 aromatic heterocycles. The van der Waals surface area contributed by atoms with E-state index in [9.17, 15) is 0 Å². The minimum atomic E-state index is 0. The molecule has 18 heavy (non-hydrogen) atoms. The first kappa shape index (κ1) is 12.4. The fraction of sp³-hybridized carbons (Fsp3) is 0.0769. The second-order valence-corrected chi connectivity index (χ2v) is 3.97. The Morgan fingerprint density at radius 3 is 2.72 bits per heavy atom. The summed E-state index contributed by atoms with van der Waals surface area (Å²) in [6.07, 6.45) is 1.68. The first-order chi connectivity index (χ1) is 8.25. The lowest BCUT2D eigenvalue weighted by Crippen LogP contribution is -1.95. The van der Waals surface area contributed by atoms with E-state index in [0.29, 0.717) is 5.95 Å². The Bertz CT molecular complexity index is 690. The molecular formula is C13H13ClN4. The number of anilines is 1. The molecule has 5 heteroatoms. The van der Waals surface area contributed by atoms with Gasteiger partial charge in [-0.1, -0.05) is 18.2 Å². The third kappa shape index (κ3) is 1.91. The zero-order chi connectivity index (χ0) is 11.8. The Hall–Kier alpha value is -2.07. The van der Waals surface area contributed by atoms with Crippen molar-refractivity contribution in [3.8, 4) is 11.3 Å². The van der Waals surface area contributed by atoms with E-state index in [1.807, 2.05) is 25.1 Å². The van der Waals surface area contributed by atoms with Gasteiger partial charge >= 0.3 is 0 Å². The van der Waals surface area contributed by atoms with Crippen LogP contribution in [0.1, 0.15) is 5.69 Å². The molecule has 1 aromatic carbocycles. The number of benzene rings is 1. The lowest BCUT2D eigenvalue weighted by atomic mass is 10.1. The monoisotopic (exact) mass is 260 g/mol. The van der Waals surface area contributed by atoms with Gasteiger partial charge in [-0.3, -0.25) is 0 Å². The van der Waals surface area contributed by atoms with Gasteiger partial charge < -0.3 is 10.7 Å². The van der Waals surface area contributed by atoms with Crippen LogP contribution >= 0.6 is 12.4 Å². The summed E-state index contributed by atoms with van der Waals surface area (Å²) in [5, 5.41) is 1.16. The molecule has 0 fully saturated rings. The zero-order valence-electron chi connectivity index (χ0n) is 9.84. The molecular weight excluding hydrogens is 248 g/mol. The second kappa shape index (κ2) is 4.66. The Labute approximate surface area is 111 Å². The van der Waals surface area contributed by atoms with Gasteiger partial charge in [0, 0.05) is 28.4 Å². The lowest BCUT2D eigenvalue weighted by Gasteiger charge is -2.01. The van der Waals surface area contributed by atoms with Crippen molar-refractivity contribution in [1.29, 1.82) is 0 Å². The van der Waals surface area contributed by atoms with E-state index in [-0.39, 0.29) is 12.4 Å². The molecule has 92 valence electrons. The minimum absolute atomic E-state index is 0. The molecule has 0 aliphatic carbocycles. The Morgan fingerprint density at radius 1 is 1.17 bits per heavy atom. The van der Waals surface area contributed by atoms with Crippen LogP contribution in [0.15, 0.2) is 36.5 Å². The molecule has 0 saturated heterocycles. The molecule has 0 bridgehead atoms. The number of halogens is 1. The Kier molecular flexibility index (Phi) is 3.21. The maximum atomic E-state index is 5.63. The third-order valence-electron chi connectivity index (χ3n) is 2.82. The number of hydrogen-bond acceptors (Lipinski definition) is 3. The number of aryl methyl sites for hydroxylation is 1. The quantitative estimate of drug-likeness (QED) is 0.707. The predicted octanol–water partition coefficient (Wildman–Crippen LogP) is 2.94. The number of aromatic nitrogens is 3. The summed E-state index contributed by atoms with van der Waals surface area (Å²) in [5.41, 5.74) is 9.77. The molecule has 3 rings (SSSR count). The van der Waals surface area contributed by atoms with Gasteiger partial charge in [-0.15, -0.1) is 12.4 Å². The number of H-pyrrole nitrogens is 1. The highest BCUT2D eigenvalue weighted by molar-refractivity contribution is 5.96. The molecule has 0 radical (unpaired) electrons. The number of hydrogen-bond donors (Lipinski definition) is 2. The van der Waals surface area contributed by atoms with Crippen LogP contribution in [0.2, 0.25) is 0 Å². The van der Waals surface area contributed by atoms with Crippen LogP contribution in [0.25, 0.3) is 22.2 Å². The second-order valence-electron chi connectivity index (χ2n) is 3.97. The Morgan fingerprint density at radius 2 is 1.94 bits per heavy atom. The number of aromatic amines is 1. The average molecular weight is 261 g/mol. The predicted molar refractivity (Wildman–Crippen MR) is 75.7 cm³/mol. The van der Waals surface area contributed by atoms with Crippen LogP contribution in [0.5, 0.6) is 0 Å². The molecule has 4 nitrogen and oxygen atoms in total. The lowest BCUT2D eigenvalue weighted by molar-refractivity contribution is 1.18. The summed E-state index contributed by atoms with van der Waals surface area (Å²) in [6, 6.07) is 10.0. The number of nitrogens with one attached hydrogen (secondary N) is 1. The van der Waals surface area contributed by atoms with Crippen LogP contribution in [0, 0.1) is 6.92 Å². The minimum Gasteiger partial charge on any atom is -0.368 e. The number of nitrogen functional groups attached to an aromatic ring is 1. The van der Waals surface area contributed by atoms with E-state index >= 15 is 0 Å². The van der Waals surface area contributed by atoms with Crippen LogP contribution in [0.3, 0.4) is 0 Å². The van der Waals surface area contributed by atoms with E-state index < -0.39 is 0 Å². The standard InChI is InChI=1S/C13H12N4.ClH/c1-8-12(11-6-7-15-13(14)17-11)9-4-2-3-5-10(9)16-8;/h2-7,16H,1H3,(H2,14,15,17);1H. The number of para-hydroxylation sites is 1. The van der Waals surface area contributed by atoms with Crippen molar-refractivity contribution in [2.45, 2.75) is 6.92 Å². The van der Waals surface area contributed by atoms with Crippen LogP contribution in [-0.2, 0) is 0 Å². The normalized spacial score (nSPS) is 10.3. The first-order valence-corrected chi connectivity index (χ1v) is 5.42. The van der Waals surface area contributed by atoms with Crippen molar-refractivity contribution in [3.63, 3.8) is 0 Å². The summed E-state index contributed by atoms with van der Waals surface area (Å²) >= 11 is 0. The van der Waals surface area contributed by atoms with Gasteiger partial charge in [-0.2, -0.15) is 0 Å². The van der Waals surface area contributed by atoms with E-state index in [2.05, 4.69) is 27.1 Å². The highest BCUT2D eigenvalue weighted by Gasteiger charge is 2.11. The van der Waals surface area contributed by atoms with Gasteiger partial charge in [0.15, 0.2) is 0 Å². The van der Waals surface area contributed by atoms with Gasteiger partial charge in [-0.25, -0.2) is 9.97 Å². The van der Waals surface area contributed by atoms with Crippen LogP contribution in [0.4, 0.5) is 5.95 Å². The van der Waals surface area contributed by atoms with Gasteiger partial charge in [0.2, 0.25) is 5.95 Å². The molecule has 0 atom stereocenters. The summed E-state index contributed by atoms with van der Waals surface area (Å²) in [5.74, 6) is 0.298. The molecule has 3 aromatic rings. The van der Waals surface area contributed by atoms with Crippen LogP contribution < -0.4 is 5.73 Å². The molecule has 3 N–H and O–H groups in total. The summed E-state index contributed by atoms with van der Waals surface area (Å²) in [7, 11) is 0. The average Bonchev–Trinajstić information content (AvgIpc) is 2.64. The van der Waals surface area contributed by atoms with E-state index in [0.717, 1.165) is 27.9 Å². The van der Waals surface area contributed by atoms with Crippen molar-refractivity contribution in [3.05, 3.63) is 42.2 Å². The first-order valence-electron chi connectivity index (χ1n) is 5.42. The third-order valence-corrected chi connectivity index (χ3v) is 2.82. The maximum absolute atomic E-state index is 5.63. The number of rotatable bonds is 1. The van der Waals surface area contributed by atoms with Crippen molar-refractivity contribution < 1.29 is 0 Å². The zero-order valence-corrected chi connectivity index (χ0v) is 10.7. The molecule has 0 aliphatic heterocycles. The molecule has 0 unspecified atom stereocenters. The summed E-state index contributed by atoms with van der Waals surface area (Å²) in [6.45, 7) is 2.04. The SMILES string of the molecule is Cc1[nH]c2ccccc2c1-c1ccnc(N)n1.Cl. The molecule has 0 amide bonds. The molecule has 0 spiro atoms. The van der Waals surface area contributed by atoms with E-state index in [1.54, 1.807) is 6.20 Å². The van der Waals surface area contributed by atoms with Crippen molar-refractivity contribution in [2.24, 2.45) is 0 Å². The molecule has 2 heterocycles. The maximum Gasteiger partial charge on any atom is 0.220 e. The fourth-order valence-corrected chi connectivity index (χ4v) is 2.12. The van der Waals surface area contributed by atoms with Gasteiger partial charge in [0.1, 0.15) is 0 Å². The summed E-state index contributed by atoms with van der Waals surface area (Å²) in [4.78, 5) is 11.5. The number of fused-ring (bicyclic) bond motifs is 1. The van der Waals surface area contributed by atoms with Gasteiger partial charge in [-0.05, 0) is 19.1 Å². The van der Waals surface area contributed by atoms with Crippen LogP contribution in [-0.4, -0.2) is 15.0 Å². The highest BCUT2D eigenvalue weighted by Crippen LogP contribution is 2.30. The highest BCUT2D eigenvalue weighted by atomic mass is 35.5. The Balaban J connectivity index is 0.00000120. The fourth-order valence-electron chi connectivity index (χ4n) is 2.12. The molecule has 0 saturated carbocycles. The number of nitrogens with zero attached hydrogens (tertiary/aromatic N) is 2. The van der Waals surface area contributed by atoms with E-state index in [1.165, 1.54) is 0 Å². The van der Waals surface area contributed by atoms with Crippen molar-refractivity contribution >= 4 is 29.3 Å². The number of nitrogens with two attached hydrogens (primary N) is 1. The van der Waals surface area contributed by atoms with Gasteiger partial charge in [0.05, 0.1) is 5.69 Å². The summed E-state index contributed by atoms with van der Waals surface area (Å²) < 4.78 is 0. The van der Waals surface area contributed by atoms with Crippen molar-refractivity contribution in [1.82, 2.24) is 15.0 Å². The van der Waals surface area contributed by atoms with Crippen molar-refractivity contribution in [2.75, 3.05) is 5.73 Å². The molecule has 0 aliphatic rings. The van der Waals surface area contributed by atoms with E-state index in [4.69, 9.17) is 5.73 Å². The largest absolute Gasteiger partial charge is 0.368 e. The topological polar surface area (TPSA) is 67.6 Å². The van der Waals surface area contributed by atoms with Gasteiger partial charge in [0.25, 0.3) is 0 Å².